The van der Waals surface area contributed by atoms with Crippen molar-refractivity contribution in [2.45, 2.75) is 6.92 Å². The Balaban J connectivity index is 1.49. The van der Waals surface area contributed by atoms with E-state index in [2.05, 4.69) is 20.6 Å². The van der Waals surface area contributed by atoms with Crippen molar-refractivity contribution in [2.24, 2.45) is 0 Å². The van der Waals surface area contributed by atoms with E-state index in [0.717, 1.165) is 0 Å². The van der Waals surface area contributed by atoms with Gasteiger partial charge in [0.2, 0.25) is 11.9 Å². The highest BCUT2D eigenvalue weighted by Crippen LogP contribution is 2.35. The molecule has 2 aliphatic rings. The van der Waals surface area contributed by atoms with Gasteiger partial charge in [0.05, 0.1) is 35.8 Å². The topological polar surface area (TPSA) is 126 Å². The fourth-order valence-corrected chi connectivity index (χ4v) is 3.25. The van der Waals surface area contributed by atoms with Crippen LogP contribution < -0.4 is 25.8 Å². The third kappa shape index (κ3) is 4.18. The standard InChI is InChI=1S/C20H21N5O5/c1-12-13(19(28)24-20(21-12)25-7-9-29-10-8-25)5-6-16(26)22-14-3-2-4-15-18(14)30-11-17(27)23-15/h2-6H,7-11H2,1H3,(H,22,26)(H,23,27)(H,21,24,28). The molecule has 3 heterocycles. The molecule has 0 atom stereocenters. The predicted octanol–water partition coefficient (Wildman–Crippen LogP) is 0.898. The number of nitrogens with zero attached hydrogens (tertiary/aromatic N) is 2. The molecule has 0 unspecified atom stereocenters. The largest absolute Gasteiger partial charge is 0.479 e. The molecule has 0 spiro atoms. The van der Waals surface area contributed by atoms with Gasteiger partial charge >= 0.3 is 0 Å². The number of H-pyrrole nitrogens is 1. The number of para-hydroxylation sites is 1. The molecule has 0 radical (unpaired) electrons. The summed E-state index contributed by atoms with van der Waals surface area (Å²) < 4.78 is 10.7. The Morgan fingerprint density at radius 2 is 2.07 bits per heavy atom. The second-order valence-electron chi connectivity index (χ2n) is 6.83. The Hall–Kier alpha value is -3.66. The minimum Gasteiger partial charge on any atom is -0.479 e. The summed E-state index contributed by atoms with van der Waals surface area (Å²) in [5, 5.41) is 5.38. The van der Waals surface area contributed by atoms with Crippen LogP contribution >= 0.6 is 0 Å². The first kappa shape index (κ1) is 19.6. The van der Waals surface area contributed by atoms with Crippen LogP contribution in [0.15, 0.2) is 29.1 Å². The summed E-state index contributed by atoms with van der Waals surface area (Å²) in [4.78, 5) is 45.5. The van der Waals surface area contributed by atoms with Gasteiger partial charge in [0.15, 0.2) is 12.4 Å². The first-order valence-corrected chi connectivity index (χ1v) is 9.49. The molecule has 156 valence electrons. The Morgan fingerprint density at radius 1 is 1.27 bits per heavy atom. The lowest BCUT2D eigenvalue weighted by molar-refractivity contribution is -0.118. The second-order valence-corrected chi connectivity index (χ2v) is 6.83. The number of ether oxygens (including phenoxy) is 2. The van der Waals surface area contributed by atoms with Crippen LogP contribution in [0.1, 0.15) is 11.3 Å². The number of anilines is 3. The quantitative estimate of drug-likeness (QED) is 0.638. The second kappa shape index (κ2) is 8.37. The molecule has 0 saturated carbocycles. The molecule has 2 aromatic rings. The maximum Gasteiger partial charge on any atom is 0.262 e. The lowest BCUT2D eigenvalue weighted by atomic mass is 10.2. The summed E-state index contributed by atoms with van der Waals surface area (Å²) in [6, 6.07) is 5.04. The van der Waals surface area contributed by atoms with E-state index in [1.165, 1.54) is 12.2 Å². The molecule has 1 fully saturated rings. The SMILES string of the molecule is Cc1nc(N2CCOCC2)[nH]c(=O)c1C=CC(=O)Nc1cccc2c1OCC(=O)N2. The molecule has 2 aliphatic heterocycles. The van der Waals surface area contributed by atoms with Crippen molar-refractivity contribution in [3.8, 4) is 5.75 Å². The number of aryl methyl sites for hydroxylation is 1. The molecule has 10 heteroatoms. The molecule has 0 bridgehead atoms. The molecule has 10 nitrogen and oxygen atoms in total. The molecular weight excluding hydrogens is 390 g/mol. The zero-order valence-corrected chi connectivity index (χ0v) is 16.4. The number of carbonyl (C=O) groups excluding carboxylic acids is 2. The number of hydrogen-bond acceptors (Lipinski definition) is 7. The average Bonchev–Trinajstić information content (AvgIpc) is 2.73. The highest BCUT2D eigenvalue weighted by Gasteiger charge is 2.20. The van der Waals surface area contributed by atoms with Crippen molar-refractivity contribution in [1.82, 2.24) is 9.97 Å². The van der Waals surface area contributed by atoms with Crippen molar-refractivity contribution >= 4 is 35.2 Å². The summed E-state index contributed by atoms with van der Waals surface area (Å²) in [7, 11) is 0. The Labute approximate surface area is 171 Å². The van der Waals surface area contributed by atoms with E-state index in [-0.39, 0.29) is 18.1 Å². The first-order valence-electron chi connectivity index (χ1n) is 9.49. The van der Waals surface area contributed by atoms with Gasteiger partial charge in [0.25, 0.3) is 11.5 Å². The van der Waals surface area contributed by atoms with Gasteiger partial charge in [-0.3, -0.25) is 19.4 Å². The van der Waals surface area contributed by atoms with E-state index >= 15 is 0 Å². The summed E-state index contributed by atoms with van der Waals surface area (Å²) in [5.41, 5.74) is 1.42. The molecule has 0 aliphatic carbocycles. The highest BCUT2D eigenvalue weighted by atomic mass is 16.5. The van der Waals surface area contributed by atoms with Crippen molar-refractivity contribution in [2.75, 3.05) is 48.4 Å². The summed E-state index contributed by atoms with van der Waals surface area (Å²) in [6.45, 7) is 4.09. The van der Waals surface area contributed by atoms with Gasteiger partial charge in [-0.05, 0) is 25.1 Å². The van der Waals surface area contributed by atoms with Crippen LogP contribution in [0.4, 0.5) is 17.3 Å². The van der Waals surface area contributed by atoms with E-state index in [4.69, 9.17) is 9.47 Å². The molecule has 3 N–H and O–H groups in total. The van der Waals surface area contributed by atoms with Gasteiger partial charge in [-0.15, -0.1) is 0 Å². The number of benzene rings is 1. The van der Waals surface area contributed by atoms with E-state index in [9.17, 15) is 14.4 Å². The Morgan fingerprint density at radius 3 is 2.83 bits per heavy atom. The number of nitrogens with one attached hydrogen (secondary N) is 3. The zero-order chi connectivity index (χ0) is 21.1. The van der Waals surface area contributed by atoms with Gasteiger partial charge in [0.1, 0.15) is 0 Å². The van der Waals surface area contributed by atoms with Crippen LogP contribution in [-0.4, -0.2) is 54.7 Å². The van der Waals surface area contributed by atoms with Gasteiger partial charge in [0, 0.05) is 19.2 Å². The third-order valence-electron chi connectivity index (χ3n) is 4.74. The molecule has 1 saturated heterocycles. The van der Waals surface area contributed by atoms with Crippen LogP contribution in [-0.2, 0) is 14.3 Å². The van der Waals surface area contributed by atoms with E-state index in [1.807, 2.05) is 4.90 Å². The smallest absolute Gasteiger partial charge is 0.262 e. The van der Waals surface area contributed by atoms with Crippen molar-refractivity contribution < 1.29 is 19.1 Å². The van der Waals surface area contributed by atoms with Gasteiger partial charge in [-0.1, -0.05) is 6.07 Å². The van der Waals surface area contributed by atoms with Gasteiger partial charge < -0.3 is 25.0 Å². The number of rotatable bonds is 4. The third-order valence-corrected chi connectivity index (χ3v) is 4.74. The fraction of sp³-hybridized carbons (Fsp3) is 0.300. The maximum atomic E-state index is 12.5. The minimum atomic E-state index is -0.444. The number of hydrogen-bond donors (Lipinski definition) is 3. The Kier molecular flexibility index (Phi) is 5.48. The predicted molar refractivity (Wildman–Crippen MR) is 111 cm³/mol. The number of aromatic amines is 1. The van der Waals surface area contributed by atoms with Gasteiger partial charge in [-0.25, -0.2) is 4.98 Å². The monoisotopic (exact) mass is 411 g/mol. The Bertz CT molecular complexity index is 1070. The van der Waals surface area contributed by atoms with E-state index < -0.39 is 5.91 Å². The van der Waals surface area contributed by atoms with Crippen molar-refractivity contribution in [3.05, 3.63) is 45.9 Å². The van der Waals surface area contributed by atoms with Crippen LogP contribution in [0.25, 0.3) is 6.08 Å². The van der Waals surface area contributed by atoms with Gasteiger partial charge in [-0.2, -0.15) is 0 Å². The number of morpholine rings is 1. The van der Waals surface area contributed by atoms with Crippen LogP contribution in [0.5, 0.6) is 5.75 Å². The molecule has 30 heavy (non-hydrogen) atoms. The summed E-state index contributed by atoms with van der Waals surface area (Å²) in [5.74, 6) is 0.190. The molecule has 4 rings (SSSR count). The number of fused-ring (bicyclic) bond motifs is 1. The number of carbonyl (C=O) groups is 2. The van der Waals surface area contributed by atoms with Crippen LogP contribution in [0.3, 0.4) is 0 Å². The molecule has 1 aromatic heterocycles. The average molecular weight is 411 g/mol. The van der Waals surface area contributed by atoms with Crippen LogP contribution in [0.2, 0.25) is 0 Å². The molecular formula is C20H21N5O5. The lowest BCUT2D eigenvalue weighted by Gasteiger charge is -2.27. The molecule has 2 amide bonds. The minimum absolute atomic E-state index is 0.120. The van der Waals surface area contributed by atoms with Crippen molar-refractivity contribution in [1.29, 1.82) is 0 Å². The first-order chi connectivity index (χ1) is 14.5. The highest BCUT2D eigenvalue weighted by molar-refractivity contribution is 6.05. The maximum absolute atomic E-state index is 12.5. The number of aromatic nitrogens is 2. The van der Waals surface area contributed by atoms with Crippen molar-refractivity contribution in [3.63, 3.8) is 0 Å². The fourth-order valence-electron chi connectivity index (χ4n) is 3.25. The molecule has 1 aromatic carbocycles. The summed E-state index contributed by atoms with van der Waals surface area (Å²) in [6.07, 6.45) is 2.69. The van der Waals surface area contributed by atoms with E-state index in [1.54, 1.807) is 25.1 Å². The lowest BCUT2D eigenvalue weighted by Crippen LogP contribution is -2.38. The van der Waals surface area contributed by atoms with Crippen LogP contribution in [0, 0.1) is 6.92 Å². The zero-order valence-electron chi connectivity index (χ0n) is 16.4. The van der Waals surface area contributed by atoms with E-state index in [0.29, 0.717) is 60.6 Å². The number of amides is 2. The normalized spacial score (nSPS) is 16.0. The summed E-state index contributed by atoms with van der Waals surface area (Å²) >= 11 is 0.